The fourth-order valence-corrected chi connectivity index (χ4v) is 1.88. The molecule has 0 saturated heterocycles. The Kier molecular flexibility index (Phi) is 4.77. The van der Waals surface area contributed by atoms with Crippen LogP contribution in [0, 0.1) is 0 Å². The Morgan fingerprint density at radius 1 is 1.22 bits per heavy atom. The number of carboxylic acid groups (broad SMARTS) is 1. The highest BCUT2D eigenvalue weighted by Crippen LogP contribution is 2.19. The number of hydrogen-bond donors (Lipinski definition) is 4. The zero-order valence-electron chi connectivity index (χ0n) is 10.9. The lowest BCUT2D eigenvalue weighted by Gasteiger charge is -2.21. The van der Waals surface area contributed by atoms with E-state index in [1.165, 1.54) is 0 Å². The Bertz CT molecular complexity index is 314. The van der Waals surface area contributed by atoms with Crippen molar-refractivity contribution in [2.24, 2.45) is 0 Å². The fourth-order valence-electron chi connectivity index (χ4n) is 1.88. The molecule has 0 aliphatic heterocycles. The molecule has 0 aromatic heterocycles. The zero-order valence-corrected chi connectivity index (χ0v) is 10.9. The number of alkyl carbamates (subject to hydrolysis) is 1. The molecule has 0 bridgehead atoms. The van der Waals surface area contributed by atoms with Crippen LogP contribution in [0.4, 0.5) is 9.59 Å². The molecule has 0 aromatic carbocycles. The van der Waals surface area contributed by atoms with E-state index in [9.17, 15) is 9.59 Å². The van der Waals surface area contributed by atoms with Crippen molar-refractivity contribution >= 4 is 12.2 Å². The van der Waals surface area contributed by atoms with E-state index >= 15 is 0 Å². The summed E-state index contributed by atoms with van der Waals surface area (Å²) in [5, 5.41) is 11.2. The number of rotatable bonds is 3. The van der Waals surface area contributed by atoms with Crippen molar-refractivity contribution in [3.63, 3.8) is 0 Å². The highest BCUT2D eigenvalue weighted by atomic mass is 16.6. The van der Waals surface area contributed by atoms with Crippen LogP contribution >= 0.6 is 0 Å². The van der Waals surface area contributed by atoms with Gasteiger partial charge < -0.3 is 15.2 Å². The van der Waals surface area contributed by atoms with E-state index in [1.54, 1.807) is 0 Å². The van der Waals surface area contributed by atoms with Crippen LogP contribution in [0.3, 0.4) is 0 Å². The average Bonchev–Trinajstić information content (AvgIpc) is 2.59. The summed E-state index contributed by atoms with van der Waals surface area (Å²) in [5.74, 6) is 0. The van der Waals surface area contributed by atoms with Crippen LogP contribution in [-0.4, -0.2) is 35.0 Å². The van der Waals surface area contributed by atoms with Gasteiger partial charge >= 0.3 is 12.2 Å². The molecule has 104 valence electrons. The molecule has 0 radical (unpaired) electrons. The highest BCUT2D eigenvalue weighted by Gasteiger charge is 2.27. The molecule has 1 fully saturated rings. The molecule has 1 saturated carbocycles. The number of nitrogens with one attached hydrogen (secondary N) is 3. The summed E-state index contributed by atoms with van der Waals surface area (Å²) < 4.78 is 5.15. The number of hydrazine groups is 1. The third-order valence-electron chi connectivity index (χ3n) is 2.54. The van der Waals surface area contributed by atoms with Gasteiger partial charge in [-0.3, -0.25) is 5.43 Å². The molecule has 7 nitrogen and oxygen atoms in total. The first-order valence-corrected chi connectivity index (χ1v) is 6.00. The second-order valence-corrected chi connectivity index (χ2v) is 5.43. The molecule has 0 heterocycles. The Morgan fingerprint density at radius 2 is 1.83 bits per heavy atom. The van der Waals surface area contributed by atoms with E-state index < -0.39 is 17.8 Å². The first-order valence-electron chi connectivity index (χ1n) is 6.00. The van der Waals surface area contributed by atoms with Crippen LogP contribution in [0.25, 0.3) is 0 Å². The lowest BCUT2D eigenvalue weighted by atomic mass is 10.2. The van der Waals surface area contributed by atoms with Gasteiger partial charge in [0.25, 0.3) is 0 Å². The Labute approximate surface area is 106 Å². The van der Waals surface area contributed by atoms with E-state index in [-0.39, 0.29) is 12.1 Å². The molecule has 4 N–H and O–H groups in total. The van der Waals surface area contributed by atoms with Gasteiger partial charge in [-0.2, -0.15) is 0 Å². The normalized spacial score (nSPS) is 23.5. The maximum absolute atomic E-state index is 11.5. The summed E-state index contributed by atoms with van der Waals surface area (Å²) in [4.78, 5) is 21.8. The van der Waals surface area contributed by atoms with E-state index in [4.69, 9.17) is 9.84 Å². The first-order chi connectivity index (χ1) is 8.26. The molecule has 7 heteroatoms. The third-order valence-corrected chi connectivity index (χ3v) is 2.54. The van der Waals surface area contributed by atoms with E-state index in [0.717, 1.165) is 12.8 Å². The Balaban J connectivity index is 2.26. The minimum atomic E-state index is -1.11. The SMILES string of the molecule is CC(C)(C)OC(=O)N[C@@H]1CC[C@H](NNC(=O)O)C1. The van der Waals surface area contributed by atoms with Gasteiger partial charge in [-0.1, -0.05) is 0 Å². The number of hydrogen-bond acceptors (Lipinski definition) is 4. The van der Waals surface area contributed by atoms with Crippen LogP contribution in [0.15, 0.2) is 0 Å². The van der Waals surface area contributed by atoms with Crippen molar-refractivity contribution in [1.82, 2.24) is 16.2 Å². The zero-order chi connectivity index (χ0) is 13.8. The van der Waals surface area contributed by atoms with Gasteiger partial charge in [-0.25, -0.2) is 15.0 Å². The fraction of sp³-hybridized carbons (Fsp3) is 0.818. The predicted octanol–water partition coefficient (Wildman–Crippen LogP) is 1.20. The standard InChI is InChI=1S/C11H21N3O4/c1-11(2,3)18-10(17)12-7-4-5-8(6-7)13-14-9(15)16/h7-8,13-14H,4-6H2,1-3H3,(H,12,17)(H,15,16)/t7-,8+/m1/s1. The molecule has 1 rings (SSSR count). The highest BCUT2D eigenvalue weighted by molar-refractivity contribution is 5.68. The predicted molar refractivity (Wildman–Crippen MR) is 65.1 cm³/mol. The monoisotopic (exact) mass is 259 g/mol. The second kappa shape index (κ2) is 5.90. The average molecular weight is 259 g/mol. The molecular weight excluding hydrogens is 238 g/mol. The molecular formula is C11H21N3O4. The van der Waals surface area contributed by atoms with Crippen molar-refractivity contribution in [2.75, 3.05) is 0 Å². The first kappa shape index (κ1) is 14.6. The van der Waals surface area contributed by atoms with E-state index in [0.29, 0.717) is 6.42 Å². The molecule has 1 aliphatic carbocycles. The largest absolute Gasteiger partial charge is 0.464 e. The molecule has 1 aliphatic rings. The lowest BCUT2D eigenvalue weighted by molar-refractivity contribution is 0.0504. The van der Waals surface area contributed by atoms with Crippen molar-refractivity contribution in [3.8, 4) is 0 Å². The smallest absolute Gasteiger partial charge is 0.419 e. The molecule has 0 unspecified atom stereocenters. The van der Waals surface area contributed by atoms with Gasteiger partial charge in [0, 0.05) is 12.1 Å². The van der Waals surface area contributed by atoms with Gasteiger partial charge in [-0.15, -0.1) is 0 Å². The number of carbonyl (C=O) groups is 2. The van der Waals surface area contributed by atoms with Gasteiger partial charge in [-0.05, 0) is 40.0 Å². The molecule has 18 heavy (non-hydrogen) atoms. The van der Waals surface area contributed by atoms with Crippen LogP contribution in [-0.2, 0) is 4.74 Å². The summed E-state index contributed by atoms with van der Waals surface area (Å²) >= 11 is 0. The van der Waals surface area contributed by atoms with Crippen molar-refractivity contribution in [3.05, 3.63) is 0 Å². The van der Waals surface area contributed by atoms with Gasteiger partial charge in [0.1, 0.15) is 5.60 Å². The van der Waals surface area contributed by atoms with Gasteiger partial charge in [0.15, 0.2) is 0 Å². The molecule has 0 spiro atoms. The van der Waals surface area contributed by atoms with Gasteiger partial charge in [0.05, 0.1) is 0 Å². The Hall–Kier alpha value is -1.50. The second-order valence-electron chi connectivity index (χ2n) is 5.43. The minimum absolute atomic E-state index is 0.0212. The van der Waals surface area contributed by atoms with Crippen LogP contribution in [0.1, 0.15) is 40.0 Å². The quantitative estimate of drug-likeness (QED) is 0.571. The van der Waals surface area contributed by atoms with Crippen LogP contribution in [0.2, 0.25) is 0 Å². The van der Waals surface area contributed by atoms with E-state index in [1.807, 2.05) is 20.8 Å². The maximum atomic E-state index is 11.5. The molecule has 2 atom stereocenters. The van der Waals surface area contributed by atoms with E-state index in [2.05, 4.69) is 16.2 Å². The summed E-state index contributed by atoms with van der Waals surface area (Å²) in [6, 6.07) is 0.0639. The summed E-state index contributed by atoms with van der Waals surface area (Å²) in [5.41, 5.74) is 4.30. The Morgan fingerprint density at radius 3 is 2.39 bits per heavy atom. The summed E-state index contributed by atoms with van der Waals surface area (Å²) in [7, 11) is 0. The lowest BCUT2D eigenvalue weighted by Crippen LogP contribution is -2.44. The summed E-state index contributed by atoms with van der Waals surface area (Å²) in [6.07, 6.45) is 0.747. The van der Waals surface area contributed by atoms with Crippen molar-refractivity contribution in [1.29, 1.82) is 0 Å². The number of amides is 2. The number of ether oxygens (including phenoxy) is 1. The minimum Gasteiger partial charge on any atom is -0.464 e. The molecule has 0 aromatic rings. The summed E-state index contributed by atoms with van der Waals surface area (Å²) in [6.45, 7) is 5.42. The third kappa shape index (κ3) is 5.72. The van der Waals surface area contributed by atoms with Gasteiger partial charge in [0.2, 0.25) is 0 Å². The molecule has 2 amide bonds. The topological polar surface area (TPSA) is 99.7 Å². The van der Waals surface area contributed by atoms with Crippen LogP contribution < -0.4 is 16.2 Å². The van der Waals surface area contributed by atoms with Crippen LogP contribution in [0.5, 0.6) is 0 Å². The number of carbonyl (C=O) groups excluding carboxylic acids is 1. The maximum Gasteiger partial charge on any atom is 0.419 e. The van der Waals surface area contributed by atoms with Crippen molar-refractivity contribution in [2.45, 2.75) is 57.7 Å². The van der Waals surface area contributed by atoms with Crippen molar-refractivity contribution < 1.29 is 19.4 Å².